The number of ether oxygens (including phenoxy) is 1. The third kappa shape index (κ3) is 4.24. The van der Waals surface area contributed by atoms with Crippen molar-refractivity contribution in [1.29, 1.82) is 0 Å². The van der Waals surface area contributed by atoms with Crippen molar-refractivity contribution in [3.05, 3.63) is 35.9 Å². The third-order valence-electron chi connectivity index (χ3n) is 3.92. The molecular weight excluding hydrogens is 300 g/mol. The van der Waals surface area contributed by atoms with Gasteiger partial charge >= 0.3 is 11.8 Å². The molecule has 0 radical (unpaired) electrons. The topological polar surface area (TPSA) is 67.4 Å². The highest BCUT2D eigenvalue weighted by Crippen LogP contribution is 2.30. The van der Waals surface area contributed by atoms with E-state index in [4.69, 9.17) is 4.74 Å². The molecule has 2 amide bonds. The maximum atomic E-state index is 12.0. The summed E-state index contributed by atoms with van der Waals surface area (Å²) in [6.45, 7) is 2.22. The summed E-state index contributed by atoms with van der Waals surface area (Å²) in [4.78, 5) is 23.9. The molecule has 0 bridgehead atoms. The highest BCUT2D eigenvalue weighted by atomic mass is 32.2. The molecule has 6 heteroatoms. The molecule has 1 aliphatic rings. The van der Waals surface area contributed by atoms with Crippen molar-refractivity contribution in [3.8, 4) is 0 Å². The van der Waals surface area contributed by atoms with Gasteiger partial charge in [-0.15, -0.1) is 0 Å². The highest BCUT2D eigenvalue weighted by Gasteiger charge is 2.35. The lowest BCUT2D eigenvalue weighted by Crippen LogP contribution is -2.49. The van der Waals surface area contributed by atoms with Crippen molar-refractivity contribution >= 4 is 23.6 Å². The fourth-order valence-electron chi connectivity index (χ4n) is 2.37. The molecule has 2 N–H and O–H groups in total. The fourth-order valence-corrected chi connectivity index (χ4v) is 3.77. The van der Waals surface area contributed by atoms with E-state index in [0.717, 1.165) is 23.5 Å². The first-order chi connectivity index (χ1) is 10.6. The van der Waals surface area contributed by atoms with Gasteiger partial charge in [0.05, 0.1) is 11.6 Å². The molecule has 1 heterocycles. The molecule has 1 aromatic rings. The standard InChI is InChI=1S/C16H22N2O3S/c1-12(13-6-4-3-5-7-13)18-15(20)14(19)17-10-16(21-2)8-9-22-11-16/h3-7,12H,8-11H2,1-2H3,(H,17,19)(H,18,20). The summed E-state index contributed by atoms with van der Waals surface area (Å²) < 4.78 is 5.51. The van der Waals surface area contributed by atoms with Crippen molar-refractivity contribution in [2.75, 3.05) is 25.2 Å². The van der Waals surface area contributed by atoms with Gasteiger partial charge in [-0.1, -0.05) is 30.3 Å². The minimum atomic E-state index is -0.617. The largest absolute Gasteiger partial charge is 0.376 e. The number of thioether (sulfide) groups is 1. The number of hydrogen-bond acceptors (Lipinski definition) is 4. The molecule has 1 aliphatic heterocycles. The Morgan fingerprint density at radius 2 is 2.05 bits per heavy atom. The van der Waals surface area contributed by atoms with Gasteiger partial charge in [0, 0.05) is 19.4 Å². The van der Waals surface area contributed by atoms with E-state index in [0.29, 0.717) is 6.54 Å². The van der Waals surface area contributed by atoms with E-state index < -0.39 is 11.8 Å². The Morgan fingerprint density at radius 3 is 2.64 bits per heavy atom. The van der Waals surface area contributed by atoms with Crippen LogP contribution >= 0.6 is 11.8 Å². The smallest absolute Gasteiger partial charge is 0.309 e. The summed E-state index contributed by atoms with van der Waals surface area (Å²) in [6.07, 6.45) is 0.885. The fraction of sp³-hybridized carbons (Fsp3) is 0.500. The Labute approximate surface area is 135 Å². The zero-order chi connectivity index (χ0) is 16.0. The quantitative estimate of drug-likeness (QED) is 0.806. The molecule has 1 fully saturated rings. The molecule has 0 aliphatic carbocycles. The van der Waals surface area contributed by atoms with Gasteiger partial charge in [-0.3, -0.25) is 9.59 Å². The second kappa shape index (κ2) is 7.65. The Kier molecular flexibility index (Phi) is 5.85. The van der Waals surface area contributed by atoms with Crippen LogP contribution in [0.3, 0.4) is 0 Å². The average Bonchev–Trinajstić information content (AvgIpc) is 3.02. The van der Waals surface area contributed by atoms with E-state index in [2.05, 4.69) is 10.6 Å². The Hall–Kier alpha value is -1.53. The van der Waals surface area contributed by atoms with Crippen LogP contribution in [0.4, 0.5) is 0 Å². The molecular formula is C16H22N2O3S. The maximum Gasteiger partial charge on any atom is 0.309 e. The third-order valence-corrected chi connectivity index (χ3v) is 5.15. The van der Waals surface area contributed by atoms with E-state index in [9.17, 15) is 9.59 Å². The number of benzene rings is 1. The van der Waals surface area contributed by atoms with Crippen LogP contribution in [0.1, 0.15) is 24.9 Å². The molecule has 1 saturated heterocycles. The lowest BCUT2D eigenvalue weighted by Gasteiger charge is -2.26. The van der Waals surface area contributed by atoms with Gasteiger partial charge < -0.3 is 15.4 Å². The Bertz CT molecular complexity index is 515. The first-order valence-electron chi connectivity index (χ1n) is 7.33. The van der Waals surface area contributed by atoms with Crippen LogP contribution < -0.4 is 10.6 Å². The molecule has 2 atom stereocenters. The molecule has 1 aromatic carbocycles. The van der Waals surface area contributed by atoms with Crippen molar-refractivity contribution in [1.82, 2.24) is 10.6 Å². The summed E-state index contributed by atoms with van der Waals surface area (Å²) in [5.41, 5.74) is 0.621. The monoisotopic (exact) mass is 322 g/mol. The van der Waals surface area contributed by atoms with Crippen LogP contribution in [0, 0.1) is 0 Å². The molecule has 22 heavy (non-hydrogen) atoms. The number of amides is 2. The Morgan fingerprint density at radius 1 is 1.32 bits per heavy atom. The summed E-state index contributed by atoms with van der Waals surface area (Å²) in [6, 6.07) is 9.33. The van der Waals surface area contributed by atoms with Gasteiger partial charge in [0.2, 0.25) is 0 Å². The average molecular weight is 322 g/mol. The molecule has 5 nitrogen and oxygen atoms in total. The van der Waals surface area contributed by atoms with Crippen molar-refractivity contribution in [3.63, 3.8) is 0 Å². The molecule has 2 unspecified atom stereocenters. The van der Waals surface area contributed by atoms with Crippen molar-refractivity contribution in [2.24, 2.45) is 0 Å². The number of carbonyl (C=O) groups is 2. The first-order valence-corrected chi connectivity index (χ1v) is 8.48. The minimum absolute atomic E-state index is 0.210. The number of carbonyl (C=O) groups excluding carboxylic acids is 2. The van der Waals surface area contributed by atoms with E-state index in [1.54, 1.807) is 18.9 Å². The van der Waals surface area contributed by atoms with E-state index >= 15 is 0 Å². The van der Waals surface area contributed by atoms with E-state index in [1.807, 2.05) is 37.3 Å². The number of rotatable bonds is 5. The summed E-state index contributed by atoms with van der Waals surface area (Å²) in [5, 5.41) is 5.39. The van der Waals surface area contributed by atoms with Crippen LogP contribution in [0.15, 0.2) is 30.3 Å². The second-order valence-electron chi connectivity index (χ2n) is 5.48. The van der Waals surface area contributed by atoms with E-state index in [-0.39, 0.29) is 11.6 Å². The predicted octanol–water partition coefficient (Wildman–Crippen LogP) is 1.50. The Balaban J connectivity index is 1.83. The molecule has 0 saturated carbocycles. The summed E-state index contributed by atoms with van der Waals surface area (Å²) in [5.74, 6) is 0.622. The van der Waals surface area contributed by atoms with Crippen molar-refractivity contribution in [2.45, 2.75) is 25.0 Å². The minimum Gasteiger partial charge on any atom is -0.376 e. The van der Waals surface area contributed by atoms with Crippen LogP contribution in [0.25, 0.3) is 0 Å². The van der Waals surface area contributed by atoms with Crippen molar-refractivity contribution < 1.29 is 14.3 Å². The predicted molar refractivity (Wildman–Crippen MR) is 87.7 cm³/mol. The lowest BCUT2D eigenvalue weighted by atomic mass is 10.0. The normalized spacial score (nSPS) is 22.1. The molecule has 0 aromatic heterocycles. The summed E-state index contributed by atoms with van der Waals surface area (Å²) >= 11 is 1.80. The van der Waals surface area contributed by atoms with Crippen LogP contribution in [0.5, 0.6) is 0 Å². The molecule has 2 rings (SSSR count). The van der Waals surface area contributed by atoms with Gasteiger partial charge in [0.25, 0.3) is 0 Å². The lowest BCUT2D eigenvalue weighted by molar-refractivity contribution is -0.140. The van der Waals surface area contributed by atoms with Gasteiger partial charge in [-0.2, -0.15) is 11.8 Å². The van der Waals surface area contributed by atoms with Crippen LogP contribution in [0.2, 0.25) is 0 Å². The zero-order valence-corrected chi connectivity index (χ0v) is 13.7. The SMILES string of the molecule is COC1(CNC(=O)C(=O)NC(C)c2ccccc2)CCSC1. The maximum absolute atomic E-state index is 12.0. The van der Waals surface area contributed by atoms with Gasteiger partial charge in [0.15, 0.2) is 0 Å². The number of hydrogen-bond donors (Lipinski definition) is 2. The zero-order valence-electron chi connectivity index (χ0n) is 12.9. The van der Waals surface area contributed by atoms with Gasteiger partial charge in [-0.25, -0.2) is 0 Å². The number of methoxy groups -OCH3 is 1. The second-order valence-corrected chi connectivity index (χ2v) is 6.58. The van der Waals surface area contributed by atoms with Crippen LogP contribution in [-0.4, -0.2) is 42.6 Å². The van der Waals surface area contributed by atoms with Gasteiger partial charge in [-0.05, 0) is 24.7 Å². The highest BCUT2D eigenvalue weighted by molar-refractivity contribution is 7.99. The van der Waals surface area contributed by atoms with E-state index in [1.165, 1.54) is 0 Å². The summed E-state index contributed by atoms with van der Waals surface area (Å²) in [7, 11) is 1.65. The number of nitrogens with one attached hydrogen (secondary N) is 2. The molecule has 0 spiro atoms. The van der Waals surface area contributed by atoms with Gasteiger partial charge in [0.1, 0.15) is 0 Å². The molecule has 120 valence electrons. The van der Waals surface area contributed by atoms with Crippen LogP contribution in [-0.2, 0) is 14.3 Å². The first kappa shape index (κ1) is 16.8.